The monoisotopic (exact) mass is 362 g/mol. The predicted molar refractivity (Wildman–Crippen MR) is 92.2 cm³/mol. The molecule has 6 nitrogen and oxygen atoms in total. The number of carbonyl (C=O) groups excluding carboxylic acids is 2. The zero-order valence-electron chi connectivity index (χ0n) is 14.5. The first-order chi connectivity index (χ1) is 12.4. The fourth-order valence-corrected chi connectivity index (χ4v) is 3.59. The summed E-state index contributed by atoms with van der Waals surface area (Å²) >= 11 is 0. The molecule has 0 bridgehead atoms. The van der Waals surface area contributed by atoms with Crippen LogP contribution >= 0.6 is 0 Å². The Kier molecular flexibility index (Phi) is 5.25. The molecule has 1 aliphatic heterocycles. The topological polar surface area (TPSA) is 86.7 Å². The van der Waals surface area contributed by atoms with Gasteiger partial charge in [-0.3, -0.25) is 9.59 Å². The van der Waals surface area contributed by atoms with Gasteiger partial charge in [0.15, 0.2) is 0 Å². The molecule has 3 rings (SSSR count). The van der Waals surface area contributed by atoms with Gasteiger partial charge in [0.25, 0.3) is 5.91 Å². The molecule has 1 aliphatic carbocycles. The van der Waals surface area contributed by atoms with E-state index in [-0.39, 0.29) is 30.7 Å². The minimum Gasteiger partial charge on any atom is -0.479 e. The Hall–Kier alpha value is -2.44. The van der Waals surface area contributed by atoms with Crippen molar-refractivity contribution in [3.8, 4) is 0 Å². The van der Waals surface area contributed by atoms with Gasteiger partial charge in [0.05, 0.1) is 6.54 Å². The standard InChI is InChI=1S/C19H23FN2O4/c20-19(18(25)26)9-10-22(12-19)17(24)15-7-5-13(6-8-15)11-21-16(23)14-3-1-2-4-14/h5-8,14H,1-4,9-12H2,(H,21,23)(H,25,26). The summed E-state index contributed by atoms with van der Waals surface area (Å²) < 4.78 is 14.1. The normalized spacial score (nSPS) is 23.2. The summed E-state index contributed by atoms with van der Waals surface area (Å²) in [6, 6.07) is 6.74. The first kappa shape index (κ1) is 18.4. The summed E-state index contributed by atoms with van der Waals surface area (Å²) in [5.41, 5.74) is -1.11. The van der Waals surface area contributed by atoms with Crippen molar-refractivity contribution in [2.24, 2.45) is 5.92 Å². The quantitative estimate of drug-likeness (QED) is 0.840. The molecule has 2 aliphatic rings. The van der Waals surface area contributed by atoms with Gasteiger partial charge < -0.3 is 15.3 Å². The van der Waals surface area contributed by atoms with Gasteiger partial charge >= 0.3 is 5.97 Å². The van der Waals surface area contributed by atoms with Crippen LogP contribution < -0.4 is 5.32 Å². The van der Waals surface area contributed by atoms with E-state index in [0.29, 0.717) is 12.1 Å². The summed E-state index contributed by atoms with van der Waals surface area (Å²) in [7, 11) is 0. The number of nitrogens with one attached hydrogen (secondary N) is 1. The fourth-order valence-electron chi connectivity index (χ4n) is 3.59. The Labute approximate surface area is 151 Å². The molecule has 26 heavy (non-hydrogen) atoms. The lowest BCUT2D eigenvalue weighted by atomic mass is 10.1. The van der Waals surface area contributed by atoms with Crippen LogP contribution in [0, 0.1) is 5.92 Å². The van der Waals surface area contributed by atoms with Gasteiger partial charge in [0.2, 0.25) is 11.6 Å². The van der Waals surface area contributed by atoms with Crippen molar-refractivity contribution in [1.29, 1.82) is 0 Å². The Morgan fingerprint density at radius 3 is 2.42 bits per heavy atom. The van der Waals surface area contributed by atoms with E-state index in [4.69, 9.17) is 5.11 Å². The summed E-state index contributed by atoms with van der Waals surface area (Å²) in [6.07, 6.45) is 3.91. The van der Waals surface area contributed by atoms with Gasteiger partial charge in [-0.2, -0.15) is 0 Å². The maximum atomic E-state index is 14.1. The van der Waals surface area contributed by atoms with Crippen molar-refractivity contribution < 1.29 is 23.9 Å². The van der Waals surface area contributed by atoms with E-state index in [1.54, 1.807) is 24.3 Å². The smallest absolute Gasteiger partial charge is 0.343 e. The van der Waals surface area contributed by atoms with E-state index < -0.39 is 18.2 Å². The molecule has 0 spiro atoms. The number of carboxylic acid groups (broad SMARTS) is 1. The van der Waals surface area contributed by atoms with Crippen molar-refractivity contribution in [2.75, 3.05) is 13.1 Å². The molecule has 1 unspecified atom stereocenters. The number of aliphatic carboxylic acids is 1. The summed E-state index contributed by atoms with van der Waals surface area (Å²) in [5, 5.41) is 11.8. The van der Waals surface area contributed by atoms with Crippen molar-refractivity contribution in [3.05, 3.63) is 35.4 Å². The second kappa shape index (κ2) is 7.43. The third-order valence-electron chi connectivity index (χ3n) is 5.28. The number of halogens is 1. The summed E-state index contributed by atoms with van der Waals surface area (Å²) in [5.74, 6) is -1.72. The van der Waals surface area contributed by atoms with Crippen LogP contribution in [0.25, 0.3) is 0 Å². The molecule has 2 amide bonds. The van der Waals surface area contributed by atoms with Crippen molar-refractivity contribution in [2.45, 2.75) is 44.3 Å². The largest absolute Gasteiger partial charge is 0.479 e. The van der Waals surface area contributed by atoms with Crippen LogP contribution in [-0.4, -0.2) is 46.5 Å². The Morgan fingerprint density at radius 2 is 1.85 bits per heavy atom. The third kappa shape index (κ3) is 3.86. The molecule has 0 aromatic heterocycles. The molecule has 140 valence electrons. The number of hydrogen-bond donors (Lipinski definition) is 2. The van der Waals surface area contributed by atoms with E-state index in [1.807, 2.05) is 0 Å². The SMILES string of the molecule is O=C(NCc1ccc(C(=O)N2CCC(F)(C(=O)O)C2)cc1)C1CCCC1. The minimum absolute atomic E-state index is 0.0766. The number of carboxylic acids is 1. The number of likely N-dealkylation sites (tertiary alicyclic amines) is 1. The number of nitrogens with zero attached hydrogens (tertiary/aromatic N) is 1. The highest BCUT2D eigenvalue weighted by molar-refractivity contribution is 5.95. The van der Waals surface area contributed by atoms with E-state index >= 15 is 0 Å². The molecule has 1 heterocycles. The Bertz CT molecular complexity index is 700. The average molecular weight is 362 g/mol. The number of carbonyl (C=O) groups is 3. The van der Waals surface area contributed by atoms with Gasteiger partial charge in [0.1, 0.15) is 0 Å². The average Bonchev–Trinajstić information content (AvgIpc) is 3.30. The van der Waals surface area contributed by atoms with Crippen molar-refractivity contribution in [1.82, 2.24) is 10.2 Å². The van der Waals surface area contributed by atoms with Crippen molar-refractivity contribution >= 4 is 17.8 Å². The van der Waals surface area contributed by atoms with Gasteiger partial charge in [-0.05, 0) is 30.5 Å². The summed E-state index contributed by atoms with van der Waals surface area (Å²) in [4.78, 5) is 36.6. The minimum atomic E-state index is -2.36. The number of amides is 2. The van der Waals surface area contributed by atoms with E-state index in [1.165, 1.54) is 4.90 Å². The third-order valence-corrected chi connectivity index (χ3v) is 5.28. The zero-order chi connectivity index (χ0) is 18.7. The summed E-state index contributed by atoms with van der Waals surface area (Å²) in [6.45, 7) is 0.0569. The highest BCUT2D eigenvalue weighted by Gasteiger charge is 2.46. The Balaban J connectivity index is 1.55. The molecular formula is C19H23FN2O4. The van der Waals surface area contributed by atoms with Crippen LogP contribution in [0.1, 0.15) is 48.0 Å². The van der Waals surface area contributed by atoms with Crippen LogP contribution in [0.5, 0.6) is 0 Å². The second-order valence-electron chi connectivity index (χ2n) is 7.14. The molecule has 1 saturated heterocycles. The molecule has 1 saturated carbocycles. The van der Waals surface area contributed by atoms with E-state index in [0.717, 1.165) is 31.2 Å². The lowest BCUT2D eigenvalue weighted by molar-refractivity contribution is -0.149. The lowest BCUT2D eigenvalue weighted by Crippen LogP contribution is -2.38. The van der Waals surface area contributed by atoms with Crippen LogP contribution in [0.2, 0.25) is 0 Å². The van der Waals surface area contributed by atoms with Crippen molar-refractivity contribution in [3.63, 3.8) is 0 Å². The molecule has 2 fully saturated rings. The number of alkyl halides is 1. The maximum Gasteiger partial charge on any atom is 0.343 e. The predicted octanol–water partition coefficient (Wildman–Crippen LogP) is 2.13. The number of benzene rings is 1. The number of rotatable bonds is 5. The van der Waals surface area contributed by atoms with E-state index in [2.05, 4.69) is 5.32 Å². The lowest BCUT2D eigenvalue weighted by Gasteiger charge is -2.18. The molecule has 7 heteroatoms. The van der Waals surface area contributed by atoms with Crippen LogP contribution in [0.3, 0.4) is 0 Å². The molecular weight excluding hydrogens is 339 g/mol. The first-order valence-corrected chi connectivity index (χ1v) is 8.97. The molecule has 1 atom stereocenters. The zero-order valence-corrected chi connectivity index (χ0v) is 14.5. The maximum absolute atomic E-state index is 14.1. The molecule has 2 N–H and O–H groups in total. The molecule has 0 radical (unpaired) electrons. The van der Waals surface area contributed by atoms with Crippen LogP contribution in [-0.2, 0) is 16.1 Å². The Morgan fingerprint density at radius 1 is 1.19 bits per heavy atom. The molecule has 1 aromatic carbocycles. The van der Waals surface area contributed by atoms with Gasteiger partial charge in [0, 0.05) is 31.0 Å². The van der Waals surface area contributed by atoms with Gasteiger partial charge in [-0.1, -0.05) is 25.0 Å². The first-order valence-electron chi connectivity index (χ1n) is 8.97. The van der Waals surface area contributed by atoms with Gasteiger partial charge in [-0.15, -0.1) is 0 Å². The number of hydrogen-bond acceptors (Lipinski definition) is 3. The van der Waals surface area contributed by atoms with E-state index in [9.17, 15) is 18.8 Å². The fraction of sp³-hybridized carbons (Fsp3) is 0.526. The second-order valence-corrected chi connectivity index (χ2v) is 7.14. The van der Waals surface area contributed by atoms with Crippen LogP contribution in [0.4, 0.5) is 4.39 Å². The molecule has 1 aromatic rings. The van der Waals surface area contributed by atoms with Gasteiger partial charge in [-0.25, -0.2) is 9.18 Å². The highest BCUT2D eigenvalue weighted by Crippen LogP contribution is 2.27. The van der Waals surface area contributed by atoms with Crippen LogP contribution in [0.15, 0.2) is 24.3 Å². The highest BCUT2D eigenvalue weighted by atomic mass is 19.1.